The fourth-order valence-electron chi connectivity index (χ4n) is 4.13. The predicted molar refractivity (Wildman–Crippen MR) is 159 cm³/mol. The molecule has 0 bridgehead atoms. The number of halogens is 1. The first-order valence-electron chi connectivity index (χ1n) is 12.6. The Morgan fingerprint density at radius 1 is 1.07 bits per heavy atom. The van der Waals surface area contributed by atoms with E-state index in [1.807, 2.05) is 49.9 Å². The molecule has 0 saturated heterocycles. The highest BCUT2D eigenvalue weighted by Gasteiger charge is 2.16. The van der Waals surface area contributed by atoms with E-state index in [1.54, 1.807) is 31.5 Å². The first-order chi connectivity index (χ1) is 19.4. The minimum absolute atomic E-state index is 0.0357. The van der Waals surface area contributed by atoms with Crippen molar-refractivity contribution in [2.75, 3.05) is 30.9 Å². The van der Waals surface area contributed by atoms with Crippen LogP contribution in [0, 0.1) is 5.82 Å². The quantitative estimate of drug-likeness (QED) is 0.175. The lowest BCUT2D eigenvalue weighted by atomic mass is 9.96. The van der Waals surface area contributed by atoms with Gasteiger partial charge in [-0.2, -0.15) is 0 Å². The summed E-state index contributed by atoms with van der Waals surface area (Å²) in [5.41, 5.74) is 3.73. The van der Waals surface area contributed by atoms with Gasteiger partial charge < -0.3 is 30.0 Å². The third kappa shape index (κ3) is 6.31. The Kier molecular flexibility index (Phi) is 8.39. The maximum atomic E-state index is 15.0. The zero-order valence-corrected chi connectivity index (χ0v) is 23.1. The number of carbonyl (C=O) groups is 1. The van der Waals surface area contributed by atoms with E-state index in [0.29, 0.717) is 30.3 Å². The Morgan fingerprint density at radius 2 is 1.90 bits per heavy atom. The van der Waals surface area contributed by atoms with E-state index in [1.165, 1.54) is 23.5 Å². The van der Waals surface area contributed by atoms with Crippen molar-refractivity contribution in [3.63, 3.8) is 0 Å². The number of amides is 2. The lowest BCUT2D eigenvalue weighted by molar-refractivity contribution is 0.199. The Labute approximate surface area is 235 Å². The van der Waals surface area contributed by atoms with E-state index in [4.69, 9.17) is 9.47 Å². The minimum Gasteiger partial charge on any atom is -0.453 e. The van der Waals surface area contributed by atoms with Gasteiger partial charge in [0.2, 0.25) is 0 Å². The van der Waals surface area contributed by atoms with Gasteiger partial charge in [-0.3, -0.25) is 4.98 Å². The fraction of sp³-hybridized carbons (Fsp3) is 0.179. The Balaban J connectivity index is 1.30. The predicted octanol–water partition coefficient (Wildman–Crippen LogP) is 4.27. The van der Waals surface area contributed by atoms with Crippen LogP contribution >= 0.6 is 11.3 Å². The molecule has 0 atom stereocenters. The minimum atomic E-state index is -0.607. The molecule has 2 aromatic carbocycles. The van der Waals surface area contributed by atoms with E-state index in [2.05, 4.69) is 25.9 Å². The van der Waals surface area contributed by atoms with Gasteiger partial charge in [0.25, 0.3) is 0 Å². The second kappa shape index (κ2) is 12.3. The number of nitrogens with zero attached hydrogens (tertiary/aromatic N) is 3. The van der Waals surface area contributed by atoms with Crippen molar-refractivity contribution in [2.45, 2.75) is 6.54 Å². The van der Waals surface area contributed by atoms with Crippen molar-refractivity contribution in [1.29, 1.82) is 0 Å². The van der Waals surface area contributed by atoms with Crippen molar-refractivity contribution < 1.29 is 18.7 Å². The van der Waals surface area contributed by atoms with Crippen LogP contribution in [0.2, 0.25) is 0 Å². The molecule has 0 aliphatic carbocycles. The number of methoxy groups -OCH3 is 1. The van der Waals surface area contributed by atoms with Gasteiger partial charge in [0, 0.05) is 57.0 Å². The van der Waals surface area contributed by atoms with Gasteiger partial charge in [-0.05, 0) is 30.3 Å². The molecule has 0 radical (unpaired) electrons. The molecule has 9 nitrogen and oxygen atoms in total. The Morgan fingerprint density at radius 3 is 2.67 bits per heavy atom. The van der Waals surface area contributed by atoms with Crippen LogP contribution in [0.4, 0.5) is 20.6 Å². The van der Waals surface area contributed by atoms with Crippen molar-refractivity contribution in [3.05, 3.63) is 78.5 Å². The number of hydrogen-bond donors (Lipinski definition) is 3. The number of imidazole rings is 1. The maximum Gasteiger partial charge on any atom is 0.323 e. The first-order valence-corrected chi connectivity index (χ1v) is 13.4. The number of urea groups is 1. The van der Waals surface area contributed by atoms with Gasteiger partial charge in [0.1, 0.15) is 19.4 Å². The summed E-state index contributed by atoms with van der Waals surface area (Å²) >= 11 is 1.48. The molecule has 3 N–H and O–H groups in total. The number of thiophene rings is 1. The zero-order chi connectivity index (χ0) is 28.1. The number of anilines is 2. The van der Waals surface area contributed by atoms with E-state index >= 15 is 4.39 Å². The second-order valence-electron chi connectivity index (χ2n) is 9.13. The molecule has 12 heteroatoms. The average molecular weight is 558 g/mol. The van der Waals surface area contributed by atoms with Gasteiger partial charge in [-0.25, -0.2) is 14.2 Å². The van der Waals surface area contributed by atoms with Crippen LogP contribution < -0.4 is 26.2 Å². The summed E-state index contributed by atoms with van der Waals surface area (Å²) in [5, 5.41) is 8.71. The van der Waals surface area contributed by atoms with Crippen LogP contribution in [-0.2, 0) is 18.3 Å². The summed E-state index contributed by atoms with van der Waals surface area (Å²) in [5.74, 6) is 0.718. The zero-order valence-electron chi connectivity index (χ0n) is 22.3. The van der Waals surface area contributed by atoms with Gasteiger partial charge >= 0.3 is 6.03 Å². The molecule has 2 amide bonds. The van der Waals surface area contributed by atoms with Crippen LogP contribution in [0.3, 0.4) is 0 Å². The number of hydrogen-bond acceptors (Lipinski definition) is 7. The van der Waals surface area contributed by atoms with E-state index in [9.17, 15) is 4.79 Å². The molecule has 0 aliphatic rings. The van der Waals surface area contributed by atoms with Crippen LogP contribution in [0.15, 0.2) is 67.0 Å². The summed E-state index contributed by atoms with van der Waals surface area (Å²) in [6, 6.07) is 14.9. The molecule has 0 fully saturated rings. The normalized spacial score (nSPS) is 11.1. The topological polar surface area (TPSA) is 102 Å². The van der Waals surface area contributed by atoms with Gasteiger partial charge in [-0.1, -0.05) is 17.6 Å². The van der Waals surface area contributed by atoms with Crippen molar-refractivity contribution in [1.82, 2.24) is 19.9 Å². The number of carbonyl (C=O) groups excluding carboxylic acids is 1. The molecule has 3 aromatic heterocycles. The van der Waals surface area contributed by atoms with E-state index in [-0.39, 0.29) is 5.75 Å². The number of nitrogens with one attached hydrogen (secondary N) is 3. The maximum absolute atomic E-state index is 15.0. The summed E-state index contributed by atoms with van der Waals surface area (Å²) in [6.45, 7) is 2.06. The van der Waals surface area contributed by atoms with Gasteiger partial charge in [-0.15, -0.1) is 11.3 Å². The summed E-state index contributed by atoms with van der Waals surface area (Å²) in [7, 11) is 5.58. The molecule has 3 heterocycles. The van der Waals surface area contributed by atoms with Crippen LogP contribution in [-0.4, -0.2) is 48.7 Å². The number of rotatable bonds is 10. The second-order valence-corrected chi connectivity index (χ2v) is 10.2. The third-order valence-electron chi connectivity index (χ3n) is 6.16. The van der Waals surface area contributed by atoms with Crippen LogP contribution in [0.5, 0.6) is 11.5 Å². The average Bonchev–Trinajstić information content (AvgIpc) is 3.52. The standard InChI is InChI=1S/C28H28BFN6O3S/c1-36-20(15-31-10-11-38-2)16-33-27(36)25-14-22-26(40-25)24(8-9-32-22)39-23-7-6-19(13-21(23)30)35-28(37)34-18-5-3-4-17(29)12-18/h3-9,12-14,16,31H,10-11,15,29H2,1-2H3,(H2,34,35,37). The summed E-state index contributed by atoms with van der Waals surface area (Å²) < 4.78 is 28.9. The number of aromatic nitrogens is 3. The lowest BCUT2D eigenvalue weighted by Crippen LogP contribution is -2.20. The van der Waals surface area contributed by atoms with Gasteiger partial charge in [0.15, 0.2) is 11.6 Å². The molecule has 40 heavy (non-hydrogen) atoms. The Bertz CT molecular complexity index is 1660. The largest absolute Gasteiger partial charge is 0.453 e. The SMILES string of the molecule is Bc1cccc(NC(=O)Nc2ccc(Oc3ccnc4cc(-c5ncc(CNCCOC)n5C)sc34)c(F)c2)c1. The molecule has 5 aromatic rings. The number of ether oxygens (including phenoxy) is 2. The van der Waals surface area contributed by atoms with Gasteiger partial charge in [0.05, 0.1) is 33.6 Å². The van der Waals surface area contributed by atoms with Crippen LogP contribution in [0.25, 0.3) is 20.9 Å². The number of fused-ring (bicyclic) bond motifs is 1. The van der Waals surface area contributed by atoms with E-state index in [0.717, 1.165) is 38.6 Å². The van der Waals surface area contributed by atoms with Crippen molar-refractivity contribution in [2.24, 2.45) is 7.05 Å². The molecule has 0 spiro atoms. The number of benzene rings is 2. The summed E-state index contributed by atoms with van der Waals surface area (Å²) in [6.07, 6.45) is 3.47. The Hall–Kier alpha value is -4.26. The monoisotopic (exact) mass is 558 g/mol. The molecular formula is C28H28BFN6O3S. The van der Waals surface area contributed by atoms with Crippen LogP contribution in [0.1, 0.15) is 5.69 Å². The molecule has 5 rings (SSSR count). The third-order valence-corrected chi connectivity index (χ3v) is 7.29. The summed E-state index contributed by atoms with van der Waals surface area (Å²) in [4.78, 5) is 22.3. The molecule has 0 aliphatic heterocycles. The molecule has 204 valence electrons. The first kappa shape index (κ1) is 27.3. The highest BCUT2D eigenvalue weighted by Crippen LogP contribution is 2.39. The lowest BCUT2D eigenvalue weighted by Gasteiger charge is -2.11. The highest BCUT2D eigenvalue weighted by molar-refractivity contribution is 7.22. The smallest absolute Gasteiger partial charge is 0.323 e. The fourth-order valence-corrected chi connectivity index (χ4v) is 5.23. The molecular weight excluding hydrogens is 530 g/mol. The highest BCUT2D eigenvalue weighted by atomic mass is 32.1. The van der Waals surface area contributed by atoms with Crippen molar-refractivity contribution in [3.8, 4) is 22.2 Å². The van der Waals surface area contributed by atoms with E-state index < -0.39 is 11.8 Å². The molecule has 0 unspecified atom stereocenters. The number of pyridine rings is 1. The van der Waals surface area contributed by atoms with Crippen molar-refractivity contribution >= 4 is 52.3 Å². The molecule has 0 saturated carbocycles.